The van der Waals surface area contributed by atoms with Gasteiger partial charge in [-0.3, -0.25) is 4.79 Å². The van der Waals surface area contributed by atoms with Gasteiger partial charge in [-0.25, -0.2) is 4.98 Å². The topological polar surface area (TPSA) is 65.5 Å². The number of hydrogen-bond acceptors (Lipinski definition) is 4. The first-order valence-corrected chi connectivity index (χ1v) is 7.46. The van der Waals surface area contributed by atoms with E-state index >= 15 is 0 Å². The Balaban J connectivity index is 2.63. The lowest BCUT2D eigenvalue weighted by molar-refractivity contribution is 0.0587. The van der Waals surface area contributed by atoms with Crippen molar-refractivity contribution in [3.05, 3.63) is 23.9 Å². The maximum atomic E-state index is 12.0. The maximum absolute atomic E-state index is 12.0. The van der Waals surface area contributed by atoms with Gasteiger partial charge in [0.15, 0.2) is 0 Å². The van der Waals surface area contributed by atoms with Gasteiger partial charge in [-0.05, 0) is 31.4 Å². The lowest BCUT2D eigenvalue weighted by Gasteiger charge is -2.25. The molecule has 5 nitrogen and oxygen atoms in total. The maximum Gasteiger partial charge on any atom is 0.252 e. The number of rotatable bonds is 6. The summed E-state index contributed by atoms with van der Waals surface area (Å²) in [6.45, 7) is 11.9. The molecule has 2 N–H and O–H groups in total. The van der Waals surface area contributed by atoms with E-state index in [1.54, 1.807) is 12.3 Å². The molecule has 0 bridgehead atoms. The smallest absolute Gasteiger partial charge is 0.252 e. The molecule has 118 valence electrons. The van der Waals surface area contributed by atoms with Crippen LogP contribution in [0.15, 0.2) is 18.3 Å². The van der Waals surface area contributed by atoms with Crippen LogP contribution in [0.1, 0.15) is 45.0 Å². The minimum Gasteiger partial charge on any atom is -0.391 e. The molecular weight excluding hydrogens is 266 g/mol. The average Bonchev–Trinajstić information content (AvgIpc) is 2.45. The van der Waals surface area contributed by atoms with Gasteiger partial charge < -0.3 is 15.3 Å². The molecular formula is C16H27N3O2. The molecule has 1 heterocycles. The van der Waals surface area contributed by atoms with Crippen LogP contribution < -0.4 is 10.2 Å². The monoisotopic (exact) mass is 293 g/mol. The summed E-state index contributed by atoms with van der Waals surface area (Å²) in [5.74, 6) is 0.656. The van der Waals surface area contributed by atoms with Crippen molar-refractivity contribution < 1.29 is 9.90 Å². The van der Waals surface area contributed by atoms with E-state index in [9.17, 15) is 9.90 Å². The van der Waals surface area contributed by atoms with E-state index in [0.29, 0.717) is 5.56 Å². The lowest BCUT2D eigenvalue weighted by Crippen LogP contribution is -2.39. The van der Waals surface area contributed by atoms with Gasteiger partial charge in [0.2, 0.25) is 0 Å². The quantitative estimate of drug-likeness (QED) is 0.842. The Hall–Kier alpha value is -1.62. The van der Waals surface area contributed by atoms with Gasteiger partial charge >= 0.3 is 0 Å². The summed E-state index contributed by atoms with van der Waals surface area (Å²) in [5.41, 5.74) is 0.255. The van der Waals surface area contributed by atoms with Gasteiger partial charge in [0.25, 0.3) is 5.91 Å². The van der Waals surface area contributed by atoms with E-state index < -0.39 is 6.10 Å². The van der Waals surface area contributed by atoms with Crippen molar-refractivity contribution in [3.63, 3.8) is 0 Å². The molecule has 1 unspecified atom stereocenters. The predicted molar refractivity (Wildman–Crippen MR) is 85.6 cm³/mol. The molecule has 21 heavy (non-hydrogen) atoms. The van der Waals surface area contributed by atoms with Crippen molar-refractivity contribution >= 4 is 11.7 Å². The van der Waals surface area contributed by atoms with Crippen LogP contribution in [-0.4, -0.2) is 41.7 Å². The average molecular weight is 293 g/mol. The normalized spacial score (nSPS) is 12.9. The minimum atomic E-state index is -0.579. The highest BCUT2D eigenvalue weighted by Crippen LogP contribution is 2.18. The molecule has 1 aromatic rings. The third kappa shape index (κ3) is 5.01. The highest BCUT2D eigenvalue weighted by atomic mass is 16.3. The second-order valence-corrected chi connectivity index (χ2v) is 6.17. The Bertz CT molecular complexity index is 448. The minimum absolute atomic E-state index is 0.211. The summed E-state index contributed by atoms with van der Waals surface area (Å²) in [7, 11) is 0. The predicted octanol–water partition coefficient (Wildman–Crippen LogP) is 2.06. The van der Waals surface area contributed by atoms with Gasteiger partial charge in [0, 0.05) is 25.8 Å². The molecule has 0 fully saturated rings. The number of aliphatic hydroxyl groups excluding tert-OH is 1. The molecule has 0 aliphatic carbocycles. The molecule has 0 aliphatic heterocycles. The van der Waals surface area contributed by atoms with Crippen LogP contribution in [0.25, 0.3) is 0 Å². The van der Waals surface area contributed by atoms with Crippen LogP contribution in [0.3, 0.4) is 0 Å². The van der Waals surface area contributed by atoms with Crippen molar-refractivity contribution in [3.8, 4) is 0 Å². The fourth-order valence-corrected chi connectivity index (χ4v) is 1.85. The summed E-state index contributed by atoms with van der Waals surface area (Å²) in [6.07, 6.45) is 0.997. The number of aromatic nitrogens is 1. The Labute approximate surface area is 127 Å². The van der Waals surface area contributed by atoms with Gasteiger partial charge in [0.1, 0.15) is 5.82 Å². The molecule has 0 spiro atoms. The summed E-state index contributed by atoms with van der Waals surface area (Å²) in [6, 6.07) is 3.61. The third-order valence-corrected chi connectivity index (χ3v) is 3.55. The molecule has 1 amide bonds. The van der Waals surface area contributed by atoms with E-state index in [-0.39, 0.29) is 17.9 Å². The number of pyridine rings is 1. The molecule has 0 radical (unpaired) electrons. The summed E-state index contributed by atoms with van der Waals surface area (Å²) < 4.78 is 0. The number of amides is 1. The second-order valence-electron chi connectivity index (χ2n) is 6.17. The fourth-order valence-electron chi connectivity index (χ4n) is 1.85. The molecule has 5 heteroatoms. The van der Waals surface area contributed by atoms with Gasteiger partial charge in [-0.2, -0.15) is 0 Å². The summed E-state index contributed by atoms with van der Waals surface area (Å²) in [4.78, 5) is 18.5. The number of anilines is 1. The highest BCUT2D eigenvalue weighted by Gasteiger charge is 2.22. The lowest BCUT2D eigenvalue weighted by atomic mass is 9.89. The molecule has 1 atom stereocenters. The number of carbonyl (C=O) groups excluding carboxylic acids is 1. The first-order valence-electron chi connectivity index (χ1n) is 7.46. The van der Waals surface area contributed by atoms with E-state index in [4.69, 9.17) is 0 Å². The number of nitrogens with zero attached hydrogens (tertiary/aromatic N) is 2. The van der Waals surface area contributed by atoms with Crippen molar-refractivity contribution in [2.24, 2.45) is 5.41 Å². The standard InChI is InChI=1S/C16H27N3O2/c1-6-19(7-2)14-9-8-12(10-17-14)15(21)18-11-13(20)16(3,4)5/h8-10,13,20H,6-7,11H2,1-5H3,(H,18,21). The van der Waals surface area contributed by atoms with E-state index in [2.05, 4.69) is 29.0 Å². The van der Waals surface area contributed by atoms with Crippen LogP contribution >= 0.6 is 0 Å². The number of nitrogens with one attached hydrogen (secondary N) is 1. The zero-order valence-corrected chi connectivity index (χ0v) is 13.7. The van der Waals surface area contributed by atoms with Crippen LogP contribution in [0.4, 0.5) is 5.82 Å². The van der Waals surface area contributed by atoms with E-state index in [1.807, 2.05) is 26.8 Å². The number of aliphatic hydroxyl groups is 1. The molecule has 1 aromatic heterocycles. The van der Waals surface area contributed by atoms with Crippen LogP contribution in [0.5, 0.6) is 0 Å². The largest absolute Gasteiger partial charge is 0.391 e. The first-order chi connectivity index (χ1) is 9.79. The van der Waals surface area contributed by atoms with Crippen LogP contribution in [0, 0.1) is 5.41 Å². The summed E-state index contributed by atoms with van der Waals surface area (Å²) in [5, 5.41) is 12.7. The molecule has 0 saturated heterocycles. The third-order valence-electron chi connectivity index (χ3n) is 3.55. The fraction of sp³-hybridized carbons (Fsp3) is 0.625. The Morgan fingerprint density at radius 2 is 1.95 bits per heavy atom. The zero-order chi connectivity index (χ0) is 16.0. The second kappa shape index (κ2) is 7.41. The number of carbonyl (C=O) groups is 1. The van der Waals surface area contributed by atoms with E-state index in [0.717, 1.165) is 18.9 Å². The Morgan fingerprint density at radius 3 is 2.38 bits per heavy atom. The number of hydrogen-bond donors (Lipinski definition) is 2. The van der Waals surface area contributed by atoms with Crippen LogP contribution in [-0.2, 0) is 0 Å². The summed E-state index contributed by atoms with van der Waals surface area (Å²) >= 11 is 0. The zero-order valence-electron chi connectivity index (χ0n) is 13.7. The SMILES string of the molecule is CCN(CC)c1ccc(C(=O)NCC(O)C(C)(C)C)cn1. The van der Waals surface area contributed by atoms with Gasteiger partial charge in [0.05, 0.1) is 11.7 Å². The highest BCUT2D eigenvalue weighted by molar-refractivity contribution is 5.94. The molecule has 0 saturated carbocycles. The van der Waals surface area contributed by atoms with Crippen molar-refractivity contribution in [1.29, 1.82) is 0 Å². The van der Waals surface area contributed by atoms with Gasteiger partial charge in [-0.15, -0.1) is 0 Å². The van der Waals surface area contributed by atoms with Crippen LogP contribution in [0.2, 0.25) is 0 Å². The first kappa shape index (κ1) is 17.4. The van der Waals surface area contributed by atoms with Crippen molar-refractivity contribution in [2.45, 2.75) is 40.7 Å². The van der Waals surface area contributed by atoms with E-state index in [1.165, 1.54) is 0 Å². The molecule has 1 rings (SSSR count). The van der Waals surface area contributed by atoms with Crippen molar-refractivity contribution in [2.75, 3.05) is 24.5 Å². The van der Waals surface area contributed by atoms with Gasteiger partial charge in [-0.1, -0.05) is 20.8 Å². The Kier molecular flexibility index (Phi) is 6.15. The van der Waals surface area contributed by atoms with Crippen molar-refractivity contribution in [1.82, 2.24) is 10.3 Å². The molecule has 0 aromatic carbocycles. The Morgan fingerprint density at radius 1 is 1.33 bits per heavy atom. The molecule has 0 aliphatic rings.